The third kappa shape index (κ3) is 4.66. The minimum Gasteiger partial charge on any atom is -0.379 e. The standard InChI is InChI=1S/C25H18Cl2F4N2O3/c1-24(36)17-11-14(26)3-7-21(17)33(9-8-25(24,30)31)23(35)13-2-6-20(19(29)10-13)32-22(34)16-5-4-15(28)12-18(16)27/h2-7,10-12,36H,8-9H2,1H3,(H,32,34)/t24-/m1/s1. The van der Waals surface area contributed by atoms with Gasteiger partial charge in [0.2, 0.25) is 0 Å². The van der Waals surface area contributed by atoms with Crippen LogP contribution in [0.4, 0.5) is 28.9 Å². The number of hydrogen-bond donors (Lipinski definition) is 2. The van der Waals surface area contributed by atoms with Crippen LogP contribution in [0.25, 0.3) is 0 Å². The van der Waals surface area contributed by atoms with Crippen molar-refractivity contribution in [2.75, 3.05) is 16.8 Å². The van der Waals surface area contributed by atoms with E-state index in [1.54, 1.807) is 0 Å². The fraction of sp³-hybridized carbons (Fsp3) is 0.200. The van der Waals surface area contributed by atoms with Gasteiger partial charge in [0.25, 0.3) is 17.7 Å². The molecule has 0 spiro atoms. The minimum absolute atomic E-state index is 0.00955. The number of amides is 2. The smallest absolute Gasteiger partial charge is 0.281 e. The van der Waals surface area contributed by atoms with E-state index in [1.165, 1.54) is 18.2 Å². The second-order valence-corrected chi connectivity index (χ2v) is 9.26. The predicted octanol–water partition coefficient (Wildman–Crippen LogP) is 6.42. The van der Waals surface area contributed by atoms with Gasteiger partial charge in [-0.25, -0.2) is 17.6 Å². The Morgan fingerprint density at radius 1 is 1.03 bits per heavy atom. The van der Waals surface area contributed by atoms with Crippen molar-refractivity contribution in [2.24, 2.45) is 0 Å². The summed E-state index contributed by atoms with van der Waals surface area (Å²) in [6, 6.07) is 10.2. The number of carbonyl (C=O) groups is 2. The highest BCUT2D eigenvalue weighted by atomic mass is 35.5. The number of nitrogens with zero attached hydrogens (tertiary/aromatic N) is 1. The Bertz CT molecular complexity index is 1380. The van der Waals surface area contributed by atoms with Crippen LogP contribution in [0.3, 0.4) is 0 Å². The summed E-state index contributed by atoms with van der Waals surface area (Å²) >= 11 is 11.8. The van der Waals surface area contributed by atoms with Crippen LogP contribution in [-0.4, -0.2) is 29.4 Å². The molecule has 0 bridgehead atoms. The molecule has 5 nitrogen and oxygen atoms in total. The average molecular weight is 541 g/mol. The number of aliphatic hydroxyl groups is 1. The molecule has 2 amide bonds. The normalized spacial score (nSPS) is 18.8. The number of fused-ring (bicyclic) bond motifs is 1. The number of anilines is 2. The Hall–Kier alpha value is -3.14. The van der Waals surface area contributed by atoms with Crippen molar-refractivity contribution < 1.29 is 32.3 Å². The van der Waals surface area contributed by atoms with Gasteiger partial charge in [-0.3, -0.25) is 9.59 Å². The van der Waals surface area contributed by atoms with Gasteiger partial charge in [-0.15, -0.1) is 0 Å². The molecule has 1 aliphatic rings. The molecule has 0 saturated carbocycles. The van der Waals surface area contributed by atoms with E-state index in [1.807, 2.05) is 0 Å². The van der Waals surface area contributed by atoms with Gasteiger partial charge in [-0.05, 0) is 61.5 Å². The van der Waals surface area contributed by atoms with E-state index in [9.17, 15) is 32.3 Å². The summed E-state index contributed by atoms with van der Waals surface area (Å²) in [7, 11) is 0. The fourth-order valence-electron chi connectivity index (χ4n) is 3.93. The van der Waals surface area contributed by atoms with Crippen LogP contribution < -0.4 is 10.2 Å². The molecule has 11 heteroatoms. The van der Waals surface area contributed by atoms with Gasteiger partial charge in [0.1, 0.15) is 11.6 Å². The summed E-state index contributed by atoms with van der Waals surface area (Å²) in [5, 5.41) is 12.9. The number of rotatable bonds is 3. The largest absolute Gasteiger partial charge is 0.379 e. The first-order valence-electron chi connectivity index (χ1n) is 10.6. The number of hydrogen-bond acceptors (Lipinski definition) is 3. The van der Waals surface area contributed by atoms with Gasteiger partial charge in [0.05, 0.1) is 22.0 Å². The molecule has 1 aliphatic heterocycles. The van der Waals surface area contributed by atoms with Gasteiger partial charge in [0.15, 0.2) is 5.60 Å². The molecule has 1 heterocycles. The lowest BCUT2D eigenvalue weighted by Gasteiger charge is -2.32. The maximum atomic E-state index is 14.8. The van der Waals surface area contributed by atoms with Gasteiger partial charge in [-0.2, -0.15) is 0 Å². The first-order chi connectivity index (χ1) is 16.8. The van der Waals surface area contributed by atoms with E-state index in [0.29, 0.717) is 0 Å². The van der Waals surface area contributed by atoms with Crippen molar-refractivity contribution in [2.45, 2.75) is 24.9 Å². The predicted molar refractivity (Wildman–Crippen MR) is 128 cm³/mol. The van der Waals surface area contributed by atoms with E-state index in [2.05, 4.69) is 5.32 Å². The van der Waals surface area contributed by atoms with Crippen LogP contribution in [-0.2, 0) is 5.60 Å². The molecule has 0 unspecified atom stereocenters. The summed E-state index contributed by atoms with van der Waals surface area (Å²) in [5.74, 6) is -6.81. The first kappa shape index (κ1) is 25.9. The highest BCUT2D eigenvalue weighted by Gasteiger charge is 2.53. The molecule has 36 heavy (non-hydrogen) atoms. The Balaban J connectivity index is 1.64. The molecule has 0 aromatic heterocycles. The Morgan fingerprint density at radius 3 is 2.42 bits per heavy atom. The number of alkyl halides is 2. The summed E-state index contributed by atoms with van der Waals surface area (Å²) in [6.07, 6.45) is -0.854. The topological polar surface area (TPSA) is 69.6 Å². The summed E-state index contributed by atoms with van der Waals surface area (Å²) < 4.78 is 57.6. The number of nitrogens with one attached hydrogen (secondary N) is 1. The molecule has 3 aromatic carbocycles. The zero-order valence-electron chi connectivity index (χ0n) is 18.6. The lowest BCUT2D eigenvalue weighted by molar-refractivity contribution is -0.177. The van der Waals surface area contributed by atoms with Gasteiger partial charge < -0.3 is 15.3 Å². The van der Waals surface area contributed by atoms with Crippen LogP contribution in [0.5, 0.6) is 0 Å². The van der Waals surface area contributed by atoms with Gasteiger partial charge >= 0.3 is 0 Å². The van der Waals surface area contributed by atoms with Crippen molar-refractivity contribution in [3.05, 3.63) is 93.0 Å². The molecule has 2 N–H and O–H groups in total. The van der Waals surface area contributed by atoms with E-state index in [0.717, 1.165) is 48.2 Å². The maximum absolute atomic E-state index is 14.8. The lowest BCUT2D eigenvalue weighted by Crippen LogP contribution is -2.42. The first-order valence-corrected chi connectivity index (χ1v) is 11.4. The second kappa shape index (κ2) is 9.38. The van der Waals surface area contributed by atoms with Crippen LogP contribution in [0, 0.1) is 11.6 Å². The molecule has 0 fully saturated rings. The molecule has 3 aromatic rings. The zero-order valence-corrected chi connectivity index (χ0v) is 20.1. The van der Waals surface area contributed by atoms with Crippen molar-refractivity contribution in [1.29, 1.82) is 0 Å². The molecular formula is C25H18Cl2F4N2O3. The summed E-state index contributed by atoms with van der Waals surface area (Å²) in [5.41, 5.74) is -3.40. The molecule has 0 saturated heterocycles. The SMILES string of the molecule is C[C@@]1(O)c2cc(Cl)ccc2N(C(=O)c2ccc(NC(=O)c3ccc(F)cc3Cl)c(F)c2)CCC1(F)F. The zero-order chi connectivity index (χ0) is 26.4. The van der Waals surface area contributed by atoms with Crippen LogP contribution in [0.1, 0.15) is 39.6 Å². The molecule has 0 aliphatic carbocycles. The van der Waals surface area contributed by atoms with Crippen molar-refractivity contribution in [3.8, 4) is 0 Å². The van der Waals surface area contributed by atoms with Crippen LogP contribution in [0.2, 0.25) is 10.0 Å². The highest BCUT2D eigenvalue weighted by molar-refractivity contribution is 6.34. The lowest BCUT2D eigenvalue weighted by atomic mass is 9.87. The maximum Gasteiger partial charge on any atom is 0.281 e. The minimum atomic E-state index is -3.58. The Labute approximate surface area is 213 Å². The molecule has 4 rings (SSSR count). The molecule has 188 valence electrons. The van der Waals surface area contributed by atoms with E-state index < -0.39 is 47.9 Å². The summed E-state index contributed by atoms with van der Waals surface area (Å²) in [4.78, 5) is 26.7. The number of benzene rings is 3. The van der Waals surface area contributed by atoms with Crippen LogP contribution >= 0.6 is 23.2 Å². The molecule has 0 radical (unpaired) electrons. The third-order valence-electron chi connectivity index (χ3n) is 6.02. The monoisotopic (exact) mass is 540 g/mol. The van der Waals surface area contributed by atoms with Gasteiger partial charge in [0, 0.05) is 29.1 Å². The highest BCUT2D eigenvalue weighted by Crippen LogP contribution is 2.47. The van der Waals surface area contributed by atoms with Crippen molar-refractivity contribution in [1.82, 2.24) is 0 Å². The van der Waals surface area contributed by atoms with E-state index in [-0.39, 0.29) is 38.1 Å². The van der Waals surface area contributed by atoms with Crippen molar-refractivity contribution >= 4 is 46.4 Å². The van der Waals surface area contributed by atoms with Crippen molar-refractivity contribution in [3.63, 3.8) is 0 Å². The van der Waals surface area contributed by atoms with Crippen LogP contribution in [0.15, 0.2) is 54.6 Å². The average Bonchev–Trinajstić information content (AvgIpc) is 2.87. The van der Waals surface area contributed by atoms with Gasteiger partial charge in [-0.1, -0.05) is 23.2 Å². The summed E-state index contributed by atoms with van der Waals surface area (Å²) in [6.45, 7) is 0.487. The Morgan fingerprint density at radius 2 is 1.75 bits per heavy atom. The number of halogens is 6. The number of carbonyl (C=O) groups excluding carboxylic acids is 2. The second-order valence-electron chi connectivity index (χ2n) is 8.42. The fourth-order valence-corrected chi connectivity index (χ4v) is 4.35. The molecule has 1 atom stereocenters. The third-order valence-corrected chi connectivity index (χ3v) is 6.57. The van der Waals surface area contributed by atoms with E-state index >= 15 is 0 Å². The quantitative estimate of drug-likeness (QED) is 0.377. The Kier molecular flexibility index (Phi) is 6.76. The van der Waals surface area contributed by atoms with E-state index in [4.69, 9.17) is 23.2 Å². The molecular weight excluding hydrogens is 523 g/mol.